The molecule has 0 fully saturated rings. The number of hydrogen-bond donors (Lipinski definition) is 1. The van der Waals surface area contributed by atoms with E-state index in [1.165, 1.54) is 12.7 Å². The summed E-state index contributed by atoms with van der Waals surface area (Å²) < 4.78 is 4.65. The minimum Gasteiger partial charge on any atom is -0.465 e. The van der Waals surface area contributed by atoms with Crippen molar-refractivity contribution in [2.45, 2.75) is 13.0 Å². The SMILES string of the molecule is COC(=O)c1ccc(CNCCCN(C)C)cc1. The van der Waals surface area contributed by atoms with Crippen molar-refractivity contribution in [2.24, 2.45) is 0 Å². The van der Waals surface area contributed by atoms with Crippen molar-refractivity contribution in [3.63, 3.8) is 0 Å². The largest absolute Gasteiger partial charge is 0.465 e. The maximum Gasteiger partial charge on any atom is 0.337 e. The molecule has 1 rings (SSSR count). The highest BCUT2D eigenvalue weighted by molar-refractivity contribution is 5.89. The Labute approximate surface area is 109 Å². The van der Waals surface area contributed by atoms with E-state index in [2.05, 4.69) is 29.0 Å². The number of methoxy groups -OCH3 is 1. The van der Waals surface area contributed by atoms with Crippen molar-refractivity contribution >= 4 is 5.97 Å². The first-order valence-electron chi connectivity index (χ1n) is 6.16. The van der Waals surface area contributed by atoms with Crippen LogP contribution in [0.1, 0.15) is 22.3 Å². The molecule has 4 heteroatoms. The molecule has 0 bridgehead atoms. The summed E-state index contributed by atoms with van der Waals surface area (Å²) in [4.78, 5) is 13.4. The predicted octanol–water partition coefficient (Wildman–Crippen LogP) is 1.51. The second-order valence-corrected chi connectivity index (χ2v) is 4.52. The number of carbonyl (C=O) groups excluding carboxylic acids is 1. The monoisotopic (exact) mass is 250 g/mol. The van der Waals surface area contributed by atoms with Gasteiger partial charge in [0.2, 0.25) is 0 Å². The first-order chi connectivity index (χ1) is 8.63. The van der Waals surface area contributed by atoms with E-state index >= 15 is 0 Å². The van der Waals surface area contributed by atoms with Crippen LogP contribution >= 0.6 is 0 Å². The van der Waals surface area contributed by atoms with Gasteiger partial charge in [-0.05, 0) is 51.3 Å². The number of rotatable bonds is 7. The van der Waals surface area contributed by atoms with E-state index in [-0.39, 0.29) is 5.97 Å². The van der Waals surface area contributed by atoms with Crippen LogP contribution in [0.5, 0.6) is 0 Å². The maximum atomic E-state index is 11.2. The number of benzene rings is 1. The van der Waals surface area contributed by atoms with Gasteiger partial charge >= 0.3 is 5.97 Å². The number of esters is 1. The quantitative estimate of drug-likeness (QED) is 0.588. The van der Waals surface area contributed by atoms with Gasteiger partial charge in [0, 0.05) is 6.54 Å². The highest BCUT2D eigenvalue weighted by Gasteiger charge is 2.03. The minimum atomic E-state index is -0.291. The molecule has 1 aromatic rings. The number of ether oxygens (including phenoxy) is 1. The fourth-order valence-corrected chi connectivity index (χ4v) is 1.63. The first-order valence-corrected chi connectivity index (χ1v) is 6.16. The van der Waals surface area contributed by atoms with Gasteiger partial charge in [0.15, 0.2) is 0 Å². The molecule has 18 heavy (non-hydrogen) atoms. The summed E-state index contributed by atoms with van der Waals surface area (Å²) in [6.07, 6.45) is 1.13. The van der Waals surface area contributed by atoms with Crippen molar-refractivity contribution in [3.05, 3.63) is 35.4 Å². The van der Waals surface area contributed by atoms with E-state index in [1.54, 1.807) is 12.1 Å². The van der Waals surface area contributed by atoms with E-state index < -0.39 is 0 Å². The predicted molar refractivity (Wildman–Crippen MR) is 72.7 cm³/mol. The molecule has 1 aromatic carbocycles. The molecule has 0 aromatic heterocycles. The van der Waals surface area contributed by atoms with Gasteiger partial charge in [-0.3, -0.25) is 0 Å². The summed E-state index contributed by atoms with van der Waals surface area (Å²) in [5, 5.41) is 3.38. The zero-order valence-electron chi connectivity index (χ0n) is 11.4. The van der Waals surface area contributed by atoms with Crippen molar-refractivity contribution in [2.75, 3.05) is 34.3 Å². The number of nitrogens with one attached hydrogen (secondary N) is 1. The van der Waals surface area contributed by atoms with Crippen LogP contribution in [0.2, 0.25) is 0 Å². The summed E-state index contributed by atoms with van der Waals surface area (Å²) in [5.41, 5.74) is 1.77. The maximum absolute atomic E-state index is 11.2. The van der Waals surface area contributed by atoms with Crippen LogP contribution in [-0.2, 0) is 11.3 Å². The van der Waals surface area contributed by atoms with Crippen LogP contribution in [-0.4, -0.2) is 45.2 Å². The molecular weight excluding hydrogens is 228 g/mol. The molecule has 4 nitrogen and oxygen atoms in total. The van der Waals surface area contributed by atoms with Crippen molar-refractivity contribution in [1.82, 2.24) is 10.2 Å². The molecule has 0 aliphatic carbocycles. The molecule has 0 heterocycles. The minimum absolute atomic E-state index is 0.291. The molecule has 1 N–H and O–H groups in total. The van der Waals surface area contributed by atoms with Crippen LogP contribution < -0.4 is 5.32 Å². The molecule has 0 aliphatic heterocycles. The lowest BCUT2D eigenvalue weighted by Crippen LogP contribution is -2.21. The van der Waals surface area contributed by atoms with Gasteiger partial charge < -0.3 is 15.0 Å². The molecule has 0 saturated carbocycles. The summed E-state index contributed by atoms with van der Waals surface area (Å²) >= 11 is 0. The van der Waals surface area contributed by atoms with Crippen molar-refractivity contribution in [3.8, 4) is 0 Å². The molecule has 0 unspecified atom stereocenters. The molecule has 0 aliphatic rings. The summed E-state index contributed by atoms with van der Waals surface area (Å²) in [6.45, 7) is 2.92. The van der Waals surface area contributed by atoms with E-state index in [0.29, 0.717) is 5.56 Å². The fraction of sp³-hybridized carbons (Fsp3) is 0.500. The third-order valence-corrected chi connectivity index (χ3v) is 2.66. The fourth-order valence-electron chi connectivity index (χ4n) is 1.63. The standard InChI is InChI=1S/C14H22N2O2/c1-16(2)10-4-9-15-11-12-5-7-13(8-6-12)14(17)18-3/h5-8,15H,4,9-11H2,1-3H3. The smallest absolute Gasteiger partial charge is 0.337 e. The van der Waals surface area contributed by atoms with Crippen LogP contribution in [0, 0.1) is 0 Å². The lowest BCUT2D eigenvalue weighted by atomic mass is 10.1. The Balaban J connectivity index is 2.29. The van der Waals surface area contributed by atoms with Crippen LogP contribution in [0.15, 0.2) is 24.3 Å². The number of carbonyl (C=O) groups is 1. The van der Waals surface area contributed by atoms with Crippen LogP contribution in [0.4, 0.5) is 0 Å². The van der Waals surface area contributed by atoms with E-state index in [9.17, 15) is 4.79 Å². The second-order valence-electron chi connectivity index (χ2n) is 4.52. The Morgan fingerprint density at radius 2 is 1.94 bits per heavy atom. The topological polar surface area (TPSA) is 41.6 Å². The first kappa shape index (κ1) is 14.7. The van der Waals surface area contributed by atoms with Gasteiger partial charge in [-0.2, -0.15) is 0 Å². The van der Waals surface area contributed by atoms with Gasteiger partial charge in [-0.25, -0.2) is 4.79 Å². The molecule has 0 atom stereocenters. The lowest BCUT2D eigenvalue weighted by Gasteiger charge is -2.10. The second kappa shape index (κ2) is 7.84. The third-order valence-electron chi connectivity index (χ3n) is 2.66. The third kappa shape index (κ3) is 5.29. The van der Waals surface area contributed by atoms with E-state index in [1.807, 2.05) is 12.1 Å². The molecular formula is C14H22N2O2. The molecule has 0 amide bonds. The Morgan fingerprint density at radius 3 is 2.50 bits per heavy atom. The van der Waals surface area contributed by atoms with E-state index in [4.69, 9.17) is 0 Å². The number of hydrogen-bond acceptors (Lipinski definition) is 4. The van der Waals surface area contributed by atoms with Crippen LogP contribution in [0.3, 0.4) is 0 Å². The zero-order valence-corrected chi connectivity index (χ0v) is 11.4. The Kier molecular flexibility index (Phi) is 6.39. The summed E-state index contributed by atoms with van der Waals surface area (Å²) in [6, 6.07) is 7.49. The molecule has 0 saturated heterocycles. The van der Waals surface area contributed by atoms with Gasteiger partial charge in [-0.1, -0.05) is 12.1 Å². The molecule has 0 spiro atoms. The Morgan fingerprint density at radius 1 is 1.28 bits per heavy atom. The van der Waals surface area contributed by atoms with Gasteiger partial charge in [0.1, 0.15) is 0 Å². The van der Waals surface area contributed by atoms with E-state index in [0.717, 1.165) is 26.1 Å². The average Bonchev–Trinajstić information content (AvgIpc) is 2.38. The normalized spacial score (nSPS) is 10.7. The lowest BCUT2D eigenvalue weighted by molar-refractivity contribution is 0.0600. The molecule has 0 radical (unpaired) electrons. The average molecular weight is 250 g/mol. The van der Waals surface area contributed by atoms with Crippen LogP contribution in [0.25, 0.3) is 0 Å². The number of nitrogens with zero attached hydrogens (tertiary/aromatic N) is 1. The van der Waals surface area contributed by atoms with Gasteiger partial charge in [0.25, 0.3) is 0 Å². The Bertz CT molecular complexity index is 361. The highest BCUT2D eigenvalue weighted by Crippen LogP contribution is 2.05. The highest BCUT2D eigenvalue weighted by atomic mass is 16.5. The summed E-state index contributed by atoms with van der Waals surface area (Å²) in [7, 11) is 5.54. The van der Waals surface area contributed by atoms with Crippen molar-refractivity contribution < 1.29 is 9.53 Å². The van der Waals surface area contributed by atoms with Crippen molar-refractivity contribution in [1.29, 1.82) is 0 Å². The zero-order chi connectivity index (χ0) is 13.4. The Hall–Kier alpha value is -1.39. The summed E-state index contributed by atoms with van der Waals surface area (Å²) in [5.74, 6) is -0.291. The van der Waals surface area contributed by atoms with Gasteiger partial charge in [0.05, 0.1) is 12.7 Å². The molecule has 100 valence electrons. The van der Waals surface area contributed by atoms with Gasteiger partial charge in [-0.15, -0.1) is 0 Å².